The number of hydrogen-bond donors (Lipinski definition) is 3. The highest BCUT2D eigenvalue weighted by Gasteiger charge is 2.30. The molecule has 1 fully saturated rings. The van der Waals surface area contributed by atoms with Crippen molar-refractivity contribution in [2.24, 2.45) is 0 Å². The predicted molar refractivity (Wildman–Crippen MR) is 83.5 cm³/mol. The summed E-state index contributed by atoms with van der Waals surface area (Å²) in [7, 11) is -4.28. The van der Waals surface area contributed by atoms with Gasteiger partial charge in [-0.1, -0.05) is 0 Å². The van der Waals surface area contributed by atoms with Gasteiger partial charge in [-0.2, -0.15) is 13.2 Å². The van der Waals surface area contributed by atoms with E-state index in [0.29, 0.717) is 18.8 Å². The molecule has 0 radical (unpaired) electrons. The summed E-state index contributed by atoms with van der Waals surface area (Å²) >= 11 is 0. The van der Waals surface area contributed by atoms with E-state index in [1.54, 1.807) is 6.92 Å². The molecule has 0 unspecified atom stereocenters. The second kappa shape index (κ2) is 7.68. The fourth-order valence-electron chi connectivity index (χ4n) is 2.22. The highest BCUT2D eigenvalue weighted by atomic mass is 32.2. The first-order valence-corrected chi connectivity index (χ1v) is 8.89. The number of hydrogen-bond acceptors (Lipinski definition) is 5. The lowest BCUT2D eigenvalue weighted by Crippen LogP contribution is -2.53. The Balaban J connectivity index is 2.00. The summed E-state index contributed by atoms with van der Waals surface area (Å²) in [6.45, 7) is 1.13. The first kappa shape index (κ1) is 19.6. The Hall–Kier alpha value is -1.69. The molecule has 2 rings (SSSR count). The van der Waals surface area contributed by atoms with Crippen LogP contribution in [-0.4, -0.2) is 52.3 Å². The van der Waals surface area contributed by atoms with Gasteiger partial charge in [0.05, 0.1) is 17.6 Å². The van der Waals surface area contributed by atoms with Crippen molar-refractivity contribution in [1.29, 1.82) is 0 Å². The van der Waals surface area contributed by atoms with Gasteiger partial charge in [-0.3, -0.25) is 4.79 Å². The summed E-state index contributed by atoms with van der Waals surface area (Å²) in [5, 5.41) is 5.61. The number of anilines is 1. The number of alkyl halides is 3. The van der Waals surface area contributed by atoms with Crippen molar-refractivity contribution >= 4 is 21.6 Å². The lowest BCUT2D eigenvalue weighted by atomic mass is 10.1. The second-order valence-corrected chi connectivity index (χ2v) is 7.23. The fraction of sp³-hybridized carbons (Fsp3) is 0.500. The number of rotatable bonds is 5. The minimum atomic E-state index is -4.65. The summed E-state index contributed by atoms with van der Waals surface area (Å²) in [5.74, 6) is -0.349. The molecular weight excluding hydrogens is 363 g/mol. The van der Waals surface area contributed by atoms with Gasteiger partial charge in [0, 0.05) is 12.2 Å². The minimum Gasteiger partial charge on any atom is -0.375 e. The van der Waals surface area contributed by atoms with Crippen LogP contribution < -0.4 is 15.4 Å². The monoisotopic (exact) mass is 381 g/mol. The van der Waals surface area contributed by atoms with Crippen molar-refractivity contribution in [3.8, 4) is 0 Å². The molecule has 0 spiro atoms. The molecule has 11 heteroatoms. The molecule has 1 heterocycles. The topological polar surface area (TPSA) is 96.5 Å². The normalized spacial score (nSPS) is 21.8. The Morgan fingerprint density at radius 3 is 2.52 bits per heavy atom. The Kier molecular flexibility index (Phi) is 6.03. The lowest BCUT2D eigenvalue weighted by molar-refractivity contribution is -0.124. The van der Waals surface area contributed by atoms with Gasteiger partial charge in [0.2, 0.25) is 15.9 Å². The SMILES string of the molecule is C[C@H]1OCCN[C@@H]1C(=O)Nc1ccc(S(=O)(=O)NCC(F)(F)F)cc1. The Bertz CT molecular complexity index is 707. The first-order chi connectivity index (χ1) is 11.6. The molecule has 7 nitrogen and oxygen atoms in total. The molecule has 25 heavy (non-hydrogen) atoms. The zero-order valence-electron chi connectivity index (χ0n) is 13.3. The van der Waals surface area contributed by atoms with Crippen LogP contribution in [-0.2, 0) is 19.6 Å². The number of benzene rings is 1. The summed E-state index contributed by atoms with van der Waals surface area (Å²) in [5.41, 5.74) is 0.319. The highest BCUT2D eigenvalue weighted by Crippen LogP contribution is 2.17. The van der Waals surface area contributed by atoms with Gasteiger partial charge < -0.3 is 15.4 Å². The molecule has 1 aromatic carbocycles. The van der Waals surface area contributed by atoms with E-state index in [9.17, 15) is 26.4 Å². The number of carbonyl (C=O) groups is 1. The van der Waals surface area contributed by atoms with Crippen LogP contribution in [0.2, 0.25) is 0 Å². The van der Waals surface area contributed by atoms with Crippen LogP contribution in [0.15, 0.2) is 29.2 Å². The van der Waals surface area contributed by atoms with E-state index in [0.717, 1.165) is 12.1 Å². The van der Waals surface area contributed by atoms with Crippen molar-refractivity contribution in [2.75, 3.05) is 25.0 Å². The largest absolute Gasteiger partial charge is 0.402 e. The van der Waals surface area contributed by atoms with Gasteiger partial charge in [-0.05, 0) is 31.2 Å². The number of ether oxygens (including phenoxy) is 1. The van der Waals surface area contributed by atoms with E-state index in [1.807, 2.05) is 0 Å². The molecule has 3 N–H and O–H groups in total. The quantitative estimate of drug-likeness (QED) is 0.703. The predicted octanol–water partition coefficient (Wildman–Crippen LogP) is 0.843. The van der Waals surface area contributed by atoms with Crippen molar-refractivity contribution in [3.63, 3.8) is 0 Å². The third-order valence-corrected chi connectivity index (χ3v) is 4.91. The van der Waals surface area contributed by atoms with Gasteiger partial charge in [0.1, 0.15) is 12.6 Å². The standard InChI is InChI=1S/C14H18F3N3O4S/c1-9-12(18-6-7-24-9)13(21)20-10-2-4-11(5-3-10)25(22,23)19-8-14(15,16)17/h2-5,9,12,18-19H,6-8H2,1H3,(H,20,21)/t9-,12+/m1/s1. The van der Waals surface area contributed by atoms with Gasteiger partial charge in [-0.15, -0.1) is 0 Å². The van der Waals surface area contributed by atoms with Crippen LogP contribution in [0.25, 0.3) is 0 Å². The Morgan fingerprint density at radius 1 is 1.32 bits per heavy atom. The number of amides is 1. The molecule has 1 saturated heterocycles. The average Bonchev–Trinajstić information content (AvgIpc) is 2.53. The van der Waals surface area contributed by atoms with Gasteiger partial charge in [0.15, 0.2) is 0 Å². The van der Waals surface area contributed by atoms with Gasteiger partial charge >= 0.3 is 6.18 Å². The lowest BCUT2D eigenvalue weighted by Gasteiger charge is -2.29. The summed E-state index contributed by atoms with van der Waals surface area (Å²) in [4.78, 5) is 11.8. The number of morpholine rings is 1. The van der Waals surface area contributed by atoms with Crippen LogP contribution in [0.1, 0.15) is 6.92 Å². The Labute approximate surface area is 143 Å². The maximum absolute atomic E-state index is 12.2. The van der Waals surface area contributed by atoms with E-state index >= 15 is 0 Å². The molecule has 140 valence electrons. The van der Waals surface area contributed by atoms with Crippen LogP contribution >= 0.6 is 0 Å². The molecule has 2 atom stereocenters. The van der Waals surface area contributed by atoms with E-state index in [1.165, 1.54) is 16.9 Å². The number of nitrogens with one attached hydrogen (secondary N) is 3. The molecule has 0 aromatic heterocycles. The van der Waals surface area contributed by atoms with Crippen molar-refractivity contribution in [1.82, 2.24) is 10.0 Å². The number of sulfonamides is 1. The molecule has 0 bridgehead atoms. The number of carbonyl (C=O) groups excluding carboxylic acids is 1. The van der Waals surface area contributed by atoms with Crippen molar-refractivity contribution in [3.05, 3.63) is 24.3 Å². The van der Waals surface area contributed by atoms with Crippen LogP contribution in [0.4, 0.5) is 18.9 Å². The third-order valence-electron chi connectivity index (χ3n) is 3.49. The van der Waals surface area contributed by atoms with Crippen molar-refractivity contribution < 1.29 is 31.1 Å². The summed E-state index contributed by atoms with van der Waals surface area (Å²) in [6, 6.07) is 4.28. The molecule has 0 aliphatic carbocycles. The van der Waals surface area contributed by atoms with E-state index in [-0.39, 0.29) is 16.9 Å². The molecule has 1 aliphatic heterocycles. The van der Waals surface area contributed by atoms with Crippen LogP contribution in [0.3, 0.4) is 0 Å². The zero-order valence-corrected chi connectivity index (χ0v) is 14.1. The van der Waals surface area contributed by atoms with E-state index in [4.69, 9.17) is 4.74 Å². The maximum Gasteiger partial charge on any atom is 0.402 e. The van der Waals surface area contributed by atoms with E-state index in [2.05, 4.69) is 10.6 Å². The molecule has 1 aliphatic rings. The van der Waals surface area contributed by atoms with Crippen LogP contribution in [0, 0.1) is 0 Å². The summed E-state index contributed by atoms with van der Waals surface area (Å²) < 4.78 is 66.8. The van der Waals surface area contributed by atoms with Crippen molar-refractivity contribution in [2.45, 2.75) is 30.1 Å². The molecular formula is C14H18F3N3O4S. The minimum absolute atomic E-state index is 0.319. The molecule has 0 saturated carbocycles. The smallest absolute Gasteiger partial charge is 0.375 e. The third kappa shape index (κ3) is 5.66. The summed E-state index contributed by atoms with van der Waals surface area (Å²) in [6.07, 6.45) is -4.97. The second-order valence-electron chi connectivity index (χ2n) is 5.46. The highest BCUT2D eigenvalue weighted by molar-refractivity contribution is 7.89. The average molecular weight is 381 g/mol. The van der Waals surface area contributed by atoms with Crippen LogP contribution in [0.5, 0.6) is 0 Å². The zero-order chi connectivity index (χ0) is 18.7. The van der Waals surface area contributed by atoms with Gasteiger partial charge in [-0.25, -0.2) is 13.1 Å². The first-order valence-electron chi connectivity index (χ1n) is 7.41. The maximum atomic E-state index is 12.2. The number of halogens is 3. The fourth-order valence-corrected chi connectivity index (χ4v) is 3.24. The van der Waals surface area contributed by atoms with E-state index < -0.39 is 28.8 Å². The molecule has 1 amide bonds. The Morgan fingerprint density at radius 2 is 1.96 bits per heavy atom. The van der Waals surface area contributed by atoms with Gasteiger partial charge in [0.25, 0.3) is 0 Å². The molecule has 1 aromatic rings.